The van der Waals surface area contributed by atoms with E-state index in [1.54, 1.807) is 0 Å². The molecule has 0 fully saturated rings. The molecular formula is C13H14N2O3S. The lowest BCUT2D eigenvalue weighted by Crippen LogP contribution is -2.19. The largest absolute Gasteiger partial charge is 0.456 e. The summed E-state index contributed by atoms with van der Waals surface area (Å²) in [6.07, 6.45) is 0. The molecule has 0 aliphatic heterocycles. The third-order valence-corrected chi connectivity index (χ3v) is 3.59. The number of rotatable bonds is 3. The molecule has 6 heteroatoms. The van der Waals surface area contributed by atoms with E-state index in [9.17, 15) is 9.59 Å². The smallest absolute Gasteiger partial charge is 0.303 e. The lowest BCUT2D eigenvalue weighted by Gasteiger charge is -2.00. The van der Waals surface area contributed by atoms with E-state index in [1.165, 1.54) is 23.8 Å². The van der Waals surface area contributed by atoms with E-state index in [1.807, 2.05) is 26.0 Å². The summed E-state index contributed by atoms with van der Waals surface area (Å²) in [5.41, 5.74) is 3.21. The molecule has 19 heavy (non-hydrogen) atoms. The number of carbonyl (C=O) groups is 2. The minimum Gasteiger partial charge on any atom is -0.456 e. The Balaban J connectivity index is 2.13. The number of carbonyl (C=O) groups excluding carboxylic acids is 2. The van der Waals surface area contributed by atoms with Crippen LogP contribution in [0.5, 0.6) is 0 Å². The lowest BCUT2D eigenvalue weighted by atomic mass is 10.1. The molecule has 1 aromatic heterocycles. The van der Waals surface area contributed by atoms with Crippen LogP contribution < -0.4 is 5.32 Å². The van der Waals surface area contributed by atoms with Gasteiger partial charge in [-0.05, 0) is 37.1 Å². The number of thiazole rings is 1. The van der Waals surface area contributed by atoms with Crippen molar-refractivity contribution in [3.63, 3.8) is 0 Å². The number of nitrogens with one attached hydrogen (secondary N) is 1. The normalized spacial score (nSPS) is 10.5. The standard InChI is InChI=1S/C13H14N2O3S/c1-7-4-10-11(5-8(7)2)19-13(14-10)15-12(17)6-18-9(3)16/h4-5H,6H2,1-3H3,(H,14,15,17). The van der Waals surface area contributed by atoms with Crippen molar-refractivity contribution in [3.8, 4) is 0 Å². The van der Waals surface area contributed by atoms with E-state index in [2.05, 4.69) is 15.0 Å². The Morgan fingerprint density at radius 3 is 2.68 bits per heavy atom. The highest BCUT2D eigenvalue weighted by Crippen LogP contribution is 2.28. The molecule has 1 aromatic carbocycles. The van der Waals surface area contributed by atoms with Crippen molar-refractivity contribution in [1.29, 1.82) is 0 Å². The second-order valence-corrected chi connectivity index (χ2v) is 5.28. The fourth-order valence-electron chi connectivity index (χ4n) is 1.56. The number of ether oxygens (including phenoxy) is 1. The van der Waals surface area contributed by atoms with Gasteiger partial charge in [-0.3, -0.25) is 14.9 Å². The highest BCUT2D eigenvalue weighted by atomic mass is 32.1. The topological polar surface area (TPSA) is 68.3 Å². The molecule has 1 N–H and O–H groups in total. The minimum absolute atomic E-state index is 0.288. The molecular weight excluding hydrogens is 264 g/mol. The second-order valence-electron chi connectivity index (χ2n) is 4.25. The van der Waals surface area contributed by atoms with Gasteiger partial charge >= 0.3 is 5.97 Å². The number of anilines is 1. The van der Waals surface area contributed by atoms with Crippen molar-refractivity contribution in [3.05, 3.63) is 23.3 Å². The van der Waals surface area contributed by atoms with E-state index in [4.69, 9.17) is 0 Å². The van der Waals surface area contributed by atoms with Crippen LogP contribution in [0.4, 0.5) is 5.13 Å². The SMILES string of the molecule is CC(=O)OCC(=O)Nc1nc2cc(C)c(C)cc2s1. The summed E-state index contributed by atoms with van der Waals surface area (Å²) in [5.74, 6) is -0.867. The van der Waals surface area contributed by atoms with Crippen LogP contribution in [0.1, 0.15) is 18.1 Å². The molecule has 0 radical (unpaired) electrons. The first-order chi connectivity index (χ1) is 8.95. The maximum absolute atomic E-state index is 11.5. The van der Waals surface area contributed by atoms with Crippen molar-refractivity contribution in [2.24, 2.45) is 0 Å². The Morgan fingerprint density at radius 2 is 2.00 bits per heavy atom. The molecule has 5 nitrogen and oxygen atoms in total. The van der Waals surface area contributed by atoms with Gasteiger partial charge in [0.05, 0.1) is 10.2 Å². The Morgan fingerprint density at radius 1 is 1.32 bits per heavy atom. The predicted octanol–water partition coefficient (Wildman–Crippen LogP) is 2.41. The highest BCUT2D eigenvalue weighted by Gasteiger charge is 2.09. The van der Waals surface area contributed by atoms with Gasteiger partial charge in [-0.25, -0.2) is 4.98 Å². The van der Waals surface area contributed by atoms with Crippen LogP contribution in [-0.4, -0.2) is 23.5 Å². The van der Waals surface area contributed by atoms with Gasteiger partial charge in [-0.2, -0.15) is 0 Å². The molecule has 2 aromatic rings. The number of aryl methyl sites for hydroxylation is 2. The van der Waals surface area contributed by atoms with Gasteiger partial charge < -0.3 is 4.74 Å². The van der Waals surface area contributed by atoms with Gasteiger partial charge in [0.15, 0.2) is 11.7 Å². The summed E-state index contributed by atoms with van der Waals surface area (Å²) in [4.78, 5) is 26.4. The molecule has 0 aliphatic rings. The zero-order chi connectivity index (χ0) is 14.0. The van der Waals surface area contributed by atoms with Crippen molar-refractivity contribution in [1.82, 2.24) is 4.98 Å². The van der Waals surface area contributed by atoms with Crippen molar-refractivity contribution in [2.75, 3.05) is 11.9 Å². The zero-order valence-electron chi connectivity index (χ0n) is 10.9. The quantitative estimate of drug-likeness (QED) is 0.875. The van der Waals surface area contributed by atoms with Crippen LogP contribution in [0.25, 0.3) is 10.2 Å². The van der Waals surface area contributed by atoms with E-state index < -0.39 is 5.97 Å². The number of benzene rings is 1. The van der Waals surface area contributed by atoms with E-state index in [0.717, 1.165) is 15.8 Å². The first-order valence-electron chi connectivity index (χ1n) is 5.76. The van der Waals surface area contributed by atoms with E-state index in [-0.39, 0.29) is 12.5 Å². The van der Waals surface area contributed by atoms with Gasteiger partial charge in [-0.1, -0.05) is 11.3 Å². The zero-order valence-corrected chi connectivity index (χ0v) is 11.8. The maximum Gasteiger partial charge on any atom is 0.303 e. The minimum atomic E-state index is -0.481. The third kappa shape index (κ3) is 3.29. The fourth-order valence-corrected chi connectivity index (χ4v) is 2.52. The monoisotopic (exact) mass is 278 g/mol. The lowest BCUT2D eigenvalue weighted by molar-refractivity contribution is -0.144. The maximum atomic E-state index is 11.5. The number of fused-ring (bicyclic) bond motifs is 1. The average molecular weight is 278 g/mol. The number of hydrogen-bond acceptors (Lipinski definition) is 5. The van der Waals surface area contributed by atoms with Gasteiger partial charge in [0.2, 0.25) is 0 Å². The number of aromatic nitrogens is 1. The van der Waals surface area contributed by atoms with Crippen molar-refractivity contribution >= 4 is 38.6 Å². The number of amides is 1. The van der Waals surface area contributed by atoms with Crippen LogP contribution in [0.3, 0.4) is 0 Å². The fraction of sp³-hybridized carbons (Fsp3) is 0.308. The predicted molar refractivity (Wildman–Crippen MR) is 74.4 cm³/mol. The molecule has 0 bridgehead atoms. The van der Waals surface area contributed by atoms with Crippen LogP contribution >= 0.6 is 11.3 Å². The molecule has 0 spiro atoms. The van der Waals surface area contributed by atoms with Gasteiger partial charge in [0.1, 0.15) is 0 Å². The van der Waals surface area contributed by atoms with Gasteiger partial charge in [0, 0.05) is 6.92 Å². The second kappa shape index (κ2) is 5.36. The summed E-state index contributed by atoms with van der Waals surface area (Å²) < 4.78 is 5.63. The molecule has 0 saturated carbocycles. The molecule has 0 atom stereocenters. The molecule has 1 heterocycles. The Kier molecular flexibility index (Phi) is 3.80. The van der Waals surface area contributed by atoms with Gasteiger partial charge in [0.25, 0.3) is 5.91 Å². The van der Waals surface area contributed by atoms with Crippen LogP contribution in [0.15, 0.2) is 12.1 Å². The van der Waals surface area contributed by atoms with Crippen molar-refractivity contribution in [2.45, 2.75) is 20.8 Å². The summed E-state index contributed by atoms with van der Waals surface area (Å²) in [5, 5.41) is 3.13. The van der Waals surface area contributed by atoms with Crippen molar-refractivity contribution < 1.29 is 14.3 Å². The first kappa shape index (κ1) is 13.5. The third-order valence-electron chi connectivity index (χ3n) is 2.66. The van der Waals surface area contributed by atoms with Crippen LogP contribution in [-0.2, 0) is 14.3 Å². The Hall–Kier alpha value is -1.95. The van der Waals surface area contributed by atoms with Crippen LogP contribution in [0, 0.1) is 13.8 Å². The number of hydrogen-bond donors (Lipinski definition) is 1. The molecule has 0 aliphatic carbocycles. The summed E-state index contributed by atoms with van der Waals surface area (Å²) in [6, 6.07) is 4.03. The molecule has 0 unspecified atom stereocenters. The molecule has 1 amide bonds. The first-order valence-corrected chi connectivity index (χ1v) is 6.58. The molecule has 100 valence electrons. The van der Waals surface area contributed by atoms with Crippen LogP contribution in [0.2, 0.25) is 0 Å². The van der Waals surface area contributed by atoms with E-state index in [0.29, 0.717) is 5.13 Å². The summed E-state index contributed by atoms with van der Waals surface area (Å²) in [7, 11) is 0. The van der Waals surface area contributed by atoms with Gasteiger partial charge in [-0.15, -0.1) is 0 Å². The number of nitrogens with zero attached hydrogens (tertiary/aromatic N) is 1. The highest BCUT2D eigenvalue weighted by molar-refractivity contribution is 7.22. The number of esters is 1. The molecule has 2 rings (SSSR count). The Labute approximate surface area is 114 Å². The molecule has 0 saturated heterocycles. The Bertz CT molecular complexity index is 610. The summed E-state index contributed by atoms with van der Waals surface area (Å²) >= 11 is 1.40. The van der Waals surface area contributed by atoms with E-state index >= 15 is 0 Å². The summed E-state index contributed by atoms with van der Waals surface area (Å²) in [6.45, 7) is 5.03. The average Bonchev–Trinajstić information content (AvgIpc) is 2.68.